The van der Waals surface area contributed by atoms with E-state index in [-0.39, 0.29) is 17.1 Å². The first kappa shape index (κ1) is 19.1. The van der Waals surface area contributed by atoms with Crippen LogP contribution in [0.1, 0.15) is 67.8 Å². The van der Waals surface area contributed by atoms with Crippen LogP contribution in [0.2, 0.25) is 0 Å². The third-order valence-electron chi connectivity index (χ3n) is 5.99. The Morgan fingerprint density at radius 3 is 2.74 bits per heavy atom. The highest BCUT2D eigenvalue weighted by atomic mass is 16.3. The zero-order chi connectivity index (χ0) is 19.6. The molecule has 144 valence electrons. The van der Waals surface area contributed by atoms with E-state index < -0.39 is 0 Å². The van der Waals surface area contributed by atoms with Gasteiger partial charge in [-0.3, -0.25) is 9.89 Å². The number of hydrazone groups is 1. The highest BCUT2D eigenvalue weighted by molar-refractivity contribution is 6.00. The number of phenolic OH excluding ortho intramolecular Hbond substituents is 1. The first-order valence-electron chi connectivity index (χ1n) is 9.52. The summed E-state index contributed by atoms with van der Waals surface area (Å²) in [6.45, 7) is 8.63. The van der Waals surface area contributed by atoms with Crippen molar-refractivity contribution >= 4 is 11.6 Å². The van der Waals surface area contributed by atoms with Crippen LogP contribution in [0.3, 0.4) is 0 Å². The first-order valence-corrected chi connectivity index (χ1v) is 9.52. The number of aromatic amines is 1. The largest absolute Gasteiger partial charge is 0.508 e. The van der Waals surface area contributed by atoms with Crippen molar-refractivity contribution in [2.45, 2.75) is 53.4 Å². The number of carbonyl (C=O) groups excluding carboxylic acids is 1. The molecule has 1 heterocycles. The average Bonchev–Trinajstić information content (AvgIpc) is 3.09. The molecule has 0 spiro atoms. The Hall–Kier alpha value is -2.63. The molecule has 0 saturated carbocycles. The lowest BCUT2D eigenvalue weighted by Gasteiger charge is -2.36. The number of fused-ring (bicyclic) bond motifs is 1. The first-order chi connectivity index (χ1) is 12.8. The van der Waals surface area contributed by atoms with E-state index in [2.05, 4.69) is 41.5 Å². The fraction of sp³-hybridized carbons (Fsp3) is 0.476. The number of aryl methyl sites for hydroxylation is 1. The molecule has 27 heavy (non-hydrogen) atoms. The lowest BCUT2D eigenvalue weighted by atomic mass is 9.69. The molecule has 3 N–H and O–H groups in total. The summed E-state index contributed by atoms with van der Waals surface area (Å²) < 4.78 is 0. The summed E-state index contributed by atoms with van der Waals surface area (Å²) in [5.74, 6) is 0.449. The Bertz CT molecular complexity index is 850. The van der Waals surface area contributed by atoms with Gasteiger partial charge in [0.2, 0.25) is 0 Å². The minimum Gasteiger partial charge on any atom is -0.508 e. The van der Waals surface area contributed by atoms with E-state index in [1.54, 1.807) is 24.3 Å². The molecule has 0 aliphatic heterocycles. The molecular weight excluding hydrogens is 340 g/mol. The van der Waals surface area contributed by atoms with E-state index in [4.69, 9.17) is 0 Å². The molecule has 0 saturated heterocycles. The van der Waals surface area contributed by atoms with Crippen LogP contribution in [0.15, 0.2) is 29.4 Å². The number of hydrogen-bond donors (Lipinski definition) is 3. The van der Waals surface area contributed by atoms with E-state index in [0.29, 0.717) is 17.3 Å². The summed E-state index contributed by atoms with van der Waals surface area (Å²) in [5, 5.41) is 20.9. The number of aromatic hydroxyl groups is 1. The van der Waals surface area contributed by atoms with Gasteiger partial charge in [-0.05, 0) is 67.3 Å². The molecule has 0 bridgehead atoms. The van der Waals surface area contributed by atoms with Gasteiger partial charge in [-0.2, -0.15) is 10.2 Å². The number of rotatable bonds is 5. The molecule has 6 heteroatoms. The van der Waals surface area contributed by atoms with Gasteiger partial charge in [-0.1, -0.05) is 27.2 Å². The number of H-pyrrole nitrogens is 1. The SMILES string of the molecule is CCC(C)(C)C1CCc2[nH]nc(C(=O)N/N=C(\C)c3ccc(O)cc3)c2C1. The fourth-order valence-corrected chi connectivity index (χ4v) is 3.59. The van der Waals surface area contributed by atoms with Crippen LogP contribution < -0.4 is 5.43 Å². The van der Waals surface area contributed by atoms with Crippen LogP contribution in [0, 0.1) is 11.3 Å². The Balaban J connectivity index is 1.74. The molecule has 1 aliphatic carbocycles. The Morgan fingerprint density at radius 1 is 1.37 bits per heavy atom. The van der Waals surface area contributed by atoms with Crippen molar-refractivity contribution in [1.29, 1.82) is 0 Å². The Labute approximate surface area is 160 Å². The van der Waals surface area contributed by atoms with Gasteiger partial charge in [-0.15, -0.1) is 0 Å². The summed E-state index contributed by atoms with van der Waals surface area (Å²) in [6, 6.07) is 6.70. The third kappa shape index (κ3) is 4.04. The highest BCUT2D eigenvalue weighted by Gasteiger charge is 2.34. The number of hydrogen-bond acceptors (Lipinski definition) is 4. The van der Waals surface area contributed by atoms with Gasteiger partial charge < -0.3 is 5.11 Å². The lowest BCUT2D eigenvalue weighted by molar-refractivity contribution is 0.0947. The van der Waals surface area contributed by atoms with Crippen LogP contribution in [0.4, 0.5) is 0 Å². The zero-order valence-electron chi connectivity index (χ0n) is 16.5. The van der Waals surface area contributed by atoms with E-state index in [1.165, 1.54) is 0 Å². The number of phenols is 1. The number of benzene rings is 1. The summed E-state index contributed by atoms with van der Waals surface area (Å²) in [6.07, 6.45) is 4.04. The number of nitrogens with zero attached hydrogens (tertiary/aromatic N) is 2. The van der Waals surface area contributed by atoms with Crippen molar-refractivity contribution in [3.63, 3.8) is 0 Å². The minimum absolute atomic E-state index is 0.197. The van der Waals surface area contributed by atoms with Crippen molar-refractivity contribution in [3.05, 3.63) is 46.8 Å². The highest BCUT2D eigenvalue weighted by Crippen LogP contribution is 2.40. The standard InChI is InChI=1S/C21H28N4O2/c1-5-21(3,4)15-8-11-18-17(12-15)19(24-23-18)20(27)25-22-13(2)14-6-9-16(26)10-7-14/h6-7,9-10,15,26H,5,8,11-12H2,1-4H3,(H,23,24)(H,25,27)/b22-13+. The molecule has 1 amide bonds. The van der Waals surface area contributed by atoms with Crippen LogP contribution >= 0.6 is 0 Å². The molecule has 1 aromatic heterocycles. The lowest BCUT2D eigenvalue weighted by Crippen LogP contribution is -2.30. The Morgan fingerprint density at radius 2 is 2.07 bits per heavy atom. The van der Waals surface area contributed by atoms with Gasteiger partial charge in [0.05, 0.1) is 5.71 Å². The van der Waals surface area contributed by atoms with Crippen molar-refractivity contribution in [2.24, 2.45) is 16.4 Å². The average molecular weight is 368 g/mol. The van der Waals surface area contributed by atoms with E-state index in [9.17, 15) is 9.90 Å². The fourth-order valence-electron chi connectivity index (χ4n) is 3.59. The summed E-state index contributed by atoms with van der Waals surface area (Å²) in [5.41, 5.74) is 6.92. The smallest absolute Gasteiger partial charge is 0.292 e. The predicted molar refractivity (Wildman–Crippen MR) is 106 cm³/mol. The van der Waals surface area contributed by atoms with Gasteiger partial charge >= 0.3 is 0 Å². The maximum Gasteiger partial charge on any atom is 0.292 e. The van der Waals surface area contributed by atoms with Gasteiger partial charge in [0, 0.05) is 11.3 Å². The van der Waals surface area contributed by atoms with Crippen LogP contribution in [0.5, 0.6) is 5.75 Å². The predicted octanol–water partition coefficient (Wildman–Crippen LogP) is 3.81. The summed E-state index contributed by atoms with van der Waals surface area (Å²) in [7, 11) is 0. The molecule has 1 aliphatic rings. The normalized spacial score (nSPS) is 17.5. The van der Waals surface area contributed by atoms with Crippen molar-refractivity contribution in [2.75, 3.05) is 0 Å². The van der Waals surface area contributed by atoms with E-state index in [0.717, 1.165) is 42.5 Å². The van der Waals surface area contributed by atoms with Crippen LogP contribution in [-0.2, 0) is 12.8 Å². The van der Waals surface area contributed by atoms with Crippen molar-refractivity contribution in [1.82, 2.24) is 15.6 Å². The molecular formula is C21H28N4O2. The van der Waals surface area contributed by atoms with Gasteiger partial charge in [-0.25, -0.2) is 5.43 Å². The Kier molecular flexibility index (Phi) is 5.35. The molecule has 0 radical (unpaired) electrons. The van der Waals surface area contributed by atoms with Gasteiger partial charge in [0.25, 0.3) is 5.91 Å². The van der Waals surface area contributed by atoms with Crippen molar-refractivity contribution < 1.29 is 9.90 Å². The van der Waals surface area contributed by atoms with Crippen LogP contribution in [-0.4, -0.2) is 26.9 Å². The second-order valence-corrected chi connectivity index (χ2v) is 8.00. The second-order valence-electron chi connectivity index (χ2n) is 8.00. The van der Waals surface area contributed by atoms with Crippen molar-refractivity contribution in [3.8, 4) is 5.75 Å². The second kappa shape index (κ2) is 7.55. The maximum absolute atomic E-state index is 12.7. The minimum atomic E-state index is -0.291. The zero-order valence-corrected chi connectivity index (χ0v) is 16.5. The number of amides is 1. The molecule has 6 nitrogen and oxygen atoms in total. The molecule has 1 atom stereocenters. The molecule has 2 aromatic rings. The van der Waals surface area contributed by atoms with E-state index >= 15 is 0 Å². The maximum atomic E-state index is 12.7. The molecule has 3 rings (SSSR count). The summed E-state index contributed by atoms with van der Waals surface area (Å²) in [4.78, 5) is 12.7. The molecule has 1 aromatic carbocycles. The van der Waals surface area contributed by atoms with Crippen LogP contribution in [0.25, 0.3) is 0 Å². The van der Waals surface area contributed by atoms with Gasteiger partial charge in [0.1, 0.15) is 5.75 Å². The monoisotopic (exact) mass is 368 g/mol. The third-order valence-corrected chi connectivity index (χ3v) is 5.99. The number of aromatic nitrogens is 2. The molecule has 0 fully saturated rings. The quantitative estimate of drug-likeness (QED) is 0.554. The van der Waals surface area contributed by atoms with Gasteiger partial charge in [0.15, 0.2) is 5.69 Å². The van der Waals surface area contributed by atoms with E-state index in [1.807, 2.05) is 6.92 Å². The molecule has 1 unspecified atom stereocenters. The summed E-state index contributed by atoms with van der Waals surface area (Å²) >= 11 is 0. The topological polar surface area (TPSA) is 90.4 Å². The number of carbonyl (C=O) groups is 1. The number of nitrogens with one attached hydrogen (secondary N) is 2.